The molecular weight excluding hydrogens is 316 g/mol. The maximum atomic E-state index is 12.3. The molecule has 1 amide bonds. The highest BCUT2D eigenvalue weighted by Gasteiger charge is 2.16. The molecule has 24 heavy (non-hydrogen) atoms. The first-order valence-electron chi connectivity index (χ1n) is 7.75. The zero-order valence-corrected chi connectivity index (χ0v) is 13.8. The minimum atomic E-state index is -2.88. The lowest BCUT2D eigenvalue weighted by Crippen LogP contribution is -2.27. The summed E-state index contributed by atoms with van der Waals surface area (Å²) >= 11 is 0. The highest BCUT2D eigenvalue weighted by Crippen LogP contribution is 2.21. The predicted octanol–water partition coefficient (Wildman–Crippen LogP) is 3.70. The van der Waals surface area contributed by atoms with E-state index < -0.39 is 6.61 Å². The second kappa shape index (κ2) is 7.90. The number of halogens is 2. The number of alkyl halides is 2. The van der Waals surface area contributed by atoms with Gasteiger partial charge in [0.05, 0.1) is 6.04 Å². The molecule has 0 aliphatic carbocycles. The first-order chi connectivity index (χ1) is 11.3. The summed E-state index contributed by atoms with van der Waals surface area (Å²) in [6.45, 7) is 3.04. The van der Waals surface area contributed by atoms with Crippen LogP contribution in [-0.2, 0) is 6.42 Å². The van der Waals surface area contributed by atoms with Gasteiger partial charge in [-0.05, 0) is 43.0 Å². The fourth-order valence-electron chi connectivity index (χ4n) is 2.34. The fraction of sp³-hybridized carbons (Fsp3) is 0.412. The van der Waals surface area contributed by atoms with Crippen LogP contribution in [0.15, 0.2) is 30.3 Å². The molecule has 0 bridgehead atoms. The molecule has 1 aromatic heterocycles. The van der Waals surface area contributed by atoms with E-state index in [2.05, 4.69) is 34.1 Å². The van der Waals surface area contributed by atoms with E-state index in [0.29, 0.717) is 17.2 Å². The average molecular weight is 337 g/mol. The van der Waals surface area contributed by atoms with Gasteiger partial charge < -0.3 is 10.1 Å². The van der Waals surface area contributed by atoms with E-state index in [1.54, 1.807) is 25.1 Å². The van der Waals surface area contributed by atoms with Gasteiger partial charge in [-0.15, -0.1) is 0 Å². The number of amides is 1. The largest absolute Gasteiger partial charge is 0.435 e. The van der Waals surface area contributed by atoms with Gasteiger partial charge in [-0.25, -0.2) is 0 Å². The summed E-state index contributed by atoms with van der Waals surface area (Å²) in [7, 11) is 0. The lowest BCUT2D eigenvalue weighted by atomic mass is 10.1. The molecule has 7 heteroatoms. The van der Waals surface area contributed by atoms with Crippen LogP contribution in [0.25, 0.3) is 0 Å². The maximum Gasteiger partial charge on any atom is 0.387 e. The molecule has 0 spiro atoms. The van der Waals surface area contributed by atoms with Crippen molar-refractivity contribution >= 4 is 5.91 Å². The summed E-state index contributed by atoms with van der Waals surface area (Å²) in [6, 6.07) is 7.60. The third kappa shape index (κ3) is 5.04. The highest BCUT2D eigenvalue weighted by atomic mass is 19.3. The second-order valence-electron chi connectivity index (χ2n) is 6.02. The minimum absolute atomic E-state index is 0.0580. The number of hydrogen-bond acceptors (Lipinski definition) is 3. The van der Waals surface area contributed by atoms with Crippen LogP contribution in [0, 0.1) is 5.92 Å². The van der Waals surface area contributed by atoms with E-state index in [1.165, 1.54) is 12.1 Å². The van der Waals surface area contributed by atoms with E-state index in [4.69, 9.17) is 0 Å². The fourth-order valence-corrected chi connectivity index (χ4v) is 2.34. The number of benzene rings is 1. The Hall–Kier alpha value is -2.44. The van der Waals surface area contributed by atoms with Crippen molar-refractivity contribution in [1.29, 1.82) is 0 Å². The molecule has 5 nitrogen and oxygen atoms in total. The van der Waals surface area contributed by atoms with Crippen molar-refractivity contribution in [2.24, 2.45) is 5.92 Å². The van der Waals surface area contributed by atoms with Crippen molar-refractivity contribution in [2.45, 2.75) is 39.8 Å². The zero-order valence-electron chi connectivity index (χ0n) is 13.8. The molecule has 0 fully saturated rings. The van der Waals surface area contributed by atoms with Gasteiger partial charge in [-0.1, -0.05) is 26.0 Å². The van der Waals surface area contributed by atoms with E-state index >= 15 is 0 Å². The average Bonchev–Trinajstić information content (AvgIpc) is 2.94. The number of carbonyl (C=O) groups is 1. The summed E-state index contributed by atoms with van der Waals surface area (Å²) in [5, 5.41) is 9.65. The van der Waals surface area contributed by atoms with Gasteiger partial charge in [-0.2, -0.15) is 13.9 Å². The minimum Gasteiger partial charge on any atom is -0.435 e. The van der Waals surface area contributed by atoms with Crippen molar-refractivity contribution in [3.05, 3.63) is 47.3 Å². The van der Waals surface area contributed by atoms with Crippen molar-refractivity contribution in [3.8, 4) is 5.75 Å². The van der Waals surface area contributed by atoms with Crippen LogP contribution in [0.5, 0.6) is 5.75 Å². The van der Waals surface area contributed by atoms with E-state index in [1.807, 2.05) is 0 Å². The Bertz CT molecular complexity index is 686. The Morgan fingerprint density at radius 1 is 1.29 bits per heavy atom. The summed E-state index contributed by atoms with van der Waals surface area (Å²) < 4.78 is 28.9. The third-order valence-electron chi connectivity index (χ3n) is 3.42. The summed E-state index contributed by atoms with van der Waals surface area (Å²) in [6.07, 6.45) is 0.808. The molecular formula is C17H21F2N3O2. The van der Waals surface area contributed by atoms with Crippen LogP contribution in [0.3, 0.4) is 0 Å². The van der Waals surface area contributed by atoms with Crippen LogP contribution >= 0.6 is 0 Å². The van der Waals surface area contributed by atoms with Gasteiger partial charge in [0, 0.05) is 5.69 Å². The van der Waals surface area contributed by atoms with E-state index in [0.717, 1.165) is 12.1 Å². The summed E-state index contributed by atoms with van der Waals surface area (Å²) in [5.74, 6) is 0.189. The number of nitrogens with one attached hydrogen (secondary N) is 2. The predicted molar refractivity (Wildman–Crippen MR) is 86.1 cm³/mol. The van der Waals surface area contributed by atoms with Gasteiger partial charge in [0.25, 0.3) is 5.91 Å². The number of nitrogens with zero attached hydrogens (tertiary/aromatic N) is 1. The number of ether oxygens (including phenoxy) is 1. The molecule has 130 valence electrons. The van der Waals surface area contributed by atoms with Crippen molar-refractivity contribution in [3.63, 3.8) is 0 Å². The van der Waals surface area contributed by atoms with Gasteiger partial charge in [-0.3, -0.25) is 9.89 Å². The second-order valence-corrected chi connectivity index (χ2v) is 6.02. The Balaban J connectivity index is 2.02. The van der Waals surface area contributed by atoms with Crippen molar-refractivity contribution in [2.75, 3.05) is 0 Å². The number of rotatable bonds is 7. The molecule has 2 aromatic rings. The normalized spacial score (nSPS) is 12.5. The van der Waals surface area contributed by atoms with Crippen LogP contribution in [-0.4, -0.2) is 22.7 Å². The Labute approximate surface area is 139 Å². The maximum absolute atomic E-state index is 12.3. The van der Waals surface area contributed by atoms with Crippen LogP contribution in [0.2, 0.25) is 0 Å². The van der Waals surface area contributed by atoms with Gasteiger partial charge in [0.1, 0.15) is 11.4 Å². The van der Waals surface area contributed by atoms with Crippen LogP contribution < -0.4 is 10.1 Å². The molecule has 1 aromatic carbocycles. The molecule has 2 rings (SSSR count). The Morgan fingerprint density at radius 3 is 2.71 bits per heavy atom. The van der Waals surface area contributed by atoms with E-state index in [9.17, 15) is 13.6 Å². The molecule has 0 saturated carbocycles. The summed E-state index contributed by atoms with van der Waals surface area (Å²) in [5.41, 5.74) is 1.87. The molecule has 0 radical (unpaired) electrons. The van der Waals surface area contributed by atoms with E-state index in [-0.39, 0.29) is 17.7 Å². The number of aromatic amines is 1. The van der Waals surface area contributed by atoms with Crippen LogP contribution in [0.4, 0.5) is 8.78 Å². The molecule has 0 aliphatic rings. The topological polar surface area (TPSA) is 67.0 Å². The van der Waals surface area contributed by atoms with Crippen molar-refractivity contribution < 1.29 is 18.3 Å². The zero-order chi connectivity index (χ0) is 17.7. The Morgan fingerprint density at radius 2 is 2.04 bits per heavy atom. The first-order valence-corrected chi connectivity index (χ1v) is 7.75. The molecule has 1 heterocycles. The third-order valence-corrected chi connectivity index (χ3v) is 3.42. The lowest BCUT2D eigenvalue weighted by Gasteiger charge is -2.14. The molecule has 2 N–H and O–H groups in total. The lowest BCUT2D eigenvalue weighted by molar-refractivity contribution is -0.0499. The standard InChI is InChI=1S/C17H21F2N3O2/c1-10(2)7-13-9-15(22-21-13)16(23)20-11(3)12-5-4-6-14(8-12)24-17(18)19/h4-6,8-11,17H,7H2,1-3H3,(H,20,23)(H,21,22). The molecule has 1 unspecified atom stereocenters. The van der Waals surface area contributed by atoms with Crippen molar-refractivity contribution in [1.82, 2.24) is 15.5 Å². The van der Waals surface area contributed by atoms with Gasteiger partial charge in [0.2, 0.25) is 0 Å². The molecule has 1 atom stereocenters. The van der Waals surface area contributed by atoms with Gasteiger partial charge >= 0.3 is 6.61 Å². The van der Waals surface area contributed by atoms with Gasteiger partial charge in [0.15, 0.2) is 0 Å². The number of carbonyl (C=O) groups excluding carboxylic acids is 1. The number of H-pyrrole nitrogens is 1. The van der Waals surface area contributed by atoms with Crippen LogP contribution in [0.1, 0.15) is 48.6 Å². The quantitative estimate of drug-likeness (QED) is 0.809. The molecule has 0 saturated heterocycles. The molecule has 0 aliphatic heterocycles. The highest BCUT2D eigenvalue weighted by molar-refractivity contribution is 5.92. The number of hydrogen-bond donors (Lipinski definition) is 2. The Kier molecular flexibility index (Phi) is 5.89. The monoisotopic (exact) mass is 337 g/mol. The summed E-state index contributed by atoms with van der Waals surface area (Å²) in [4.78, 5) is 12.2. The SMILES string of the molecule is CC(C)Cc1cc(C(=O)NC(C)c2cccc(OC(F)F)c2)n[nH]1. The smallest absolute Gasteiger partial charge is 0.387 e. The first kappa shape index (κ1) is 17.9. The number of aromatic nitrogens is 2.